The van der Waals surface area contributed by atoms with Gasteiger partial charge in [-0.1, -0.05) is 24.3 Å². The predicted octanol–water partition coefficient (Wildman–Crippen LogP) is 4.01. The molecule has 0 radical (unpaired) electrons. The second kappa shape index (κ2) is 12.8. The first-order valence-corrected chi connectivity index (χ1v) is 10.2. The van der Waals surface area contributed by atoms with Crippen molar-refractivity contribution in [2.75, 3.05) is 40.5 Å². The average Bonchev–Trinajstić information content (AvgIpc) is 2.75. The lowest BCUT2D eigenvalue weighted by molar-refractivity contribution is -0.0605. The Morgan fingerprint density at radius 3 is 2.48 bits per heavy atom. The van der Waals surface area contributed by atoms with Crippen LogP contribution in [-0.2, 0) is 16.0 Å². The van der Waals surface area contributed by atoms with E-state index in [9.17, 15) is 4.39 Å². The molecule has 8 heteroatoms. The van der Waals surface area contributed by atoms with Gasteiger partial charge in [-0.05, 0) is 42.3 Å². The summed E-state index contributed by atoms with van der Waals surface area (Å²) in [6, 6.07) is 14.5. The number of halogens is 2. The van der Waals surface area contributed by atoms with Crippen LogP contribution in [0, 0.1) is 5.82 Å². The second-order valence-electron chi connectivity index (χ2n) is 7.28. The van der Waals surface area contributed by atoms with Crippen molar-refractivity contribution in [3.05, 3.63) is 65.5 Å². The summed E-state index contributed by atoms with van der Waals surface area (Å²) < 4.78 is 29.9. The summed E-state index contributed by atoms with van der Waals surface area (Å²) in [6.45, 7) is 5.18. The lowest BCUT2D eigenvalue weighted by Crippen LogP contribution is -2.50. The fourth-order valence-corrected chi connectivity index (χ4v) is 3.45. The van der Waals surface area contributed by atoms with Gasteiger partial charge in [0.15, 0.2) is 5.96 Å². The van der Waals surface area contributed by atoms with E-state index in [0.29, 0.717) is 26.3 Å². The molecule has 1 fully saturated rings. The quantitative estimate of drug-likeness (QED) is 0.248. The molecule has 2 aromatic carbocycles. The van der Waals surface area contributed by atoms with E-state index < -0.39 is 0 Å². The smallest absolute Gasteiger partial charge is 0.194 e. The van der Waals surface area contributed by atoms with Gasteiger partial charge >= 0.3 is 0 Å². The molecule has 1 N–H and O–H groups in total. The maximum absolute atomic E-state index is 13.3. The highest BCUT2D eigenvalue weighted by molar-refractivity contribution is 14.0. The number of hydrogen-bond acceptors (Lipinski definition) is 4. The normalized spacial score (nSPS) is 19.0. The molecule has 0 aromatic heterocycles. The molecule has 0 saturated carbocycles. The minimum Gasteiger partial charge on any atom is -0.491 e. The molecule has 3 rings (SSSR count). The van der Waals surface area contributed by atoms with E-state index >= 15 is 0 Å². The molecule has 170 valence electrons. The maximum atomic E-state index is 13.3. The summed E-state index contributed by atoms with van der Waals surface area (Å²) in [6.07, 6.45) is -0.0904. The number of aliphatic imine (C=N–C) groups is 1. The summed E-state index contributed by atoms with van der Waals surface area (Å²) >= 11 is 0. The van der Waals surface area contributed by atoms with E-state index in [1.165, 1.54) is 12.1 Å². The number of rotatable bonds is 7. The van der Waals surface area contributed by atoms with Crippen molar-refractivity contribution in [2.24, 2.45) is 4.99 Å². The van der Waals surface area contributed by atoms with Crippen molar-refractivity contribution in [1.82, 2.24) is 10.2 Å². The highest BCUT2D eigenvalue weighted by Crippen LogP contribution is 2.25. The first-order valence-electron chi connectivity index (χ1n) is 10.2. The fraction of sp³-hybridized carbons (Fsp3) is 0.435. The van der Waals surface area contributed by atoms with Gasteiger partial charge in [0.05, 0.1) is 19.3 Å². The fourth-order valence-electron chi connectivity index (χ4n) is 3.45. The standard InChI is InChI=1S/C23H30FN3O3.HI/c1-17-15-27(16-22(30-17)19-6-8-20(24)9-7-19)23(25-2)26-14-18-4-10-21(11-5-18)29-13-12-28-3;/h4-11,17,22H,12-16H2,1-3H3,(H,25,26);1H. The van der Waals surface area contributed by atoms with Crippen LogP contribution in [0.3, 0.4) is 0 Å². The Morgan fingerprint density at radius 2 is 1.84 bits per heavy atom. The van der Waals surface area contributed by atoms with Gasteiger partial charge in [0, 0.05) is 27.2 Å². The monoisotopic (exact) mass is 543 g/mol. The Balaban J connectivity index is 0.00000341. The zero-order valence-corrected chi connectivity index (χ0v) is 20.5. The van der Waals surface area contributed by atoms with Gasteiger partial charge in [-0.3, -0.25) is 4.99 Å². The predicted molar refractivity (Wildman–Crippen MR) is 131 cm³/mol. The third-order valence-electron chi connectivity index (χ3n) is 4.94. The van der Waals surface area contributed by atoms with Crippen LogP contribution in [0.5, 0.6) is 5.75 Å². The molecule has 2 unspecified atom stereocenters. The number of nitrogens with one attached hydrogen (secondary N) is 1. The maximum Gasteiger partial charge on any atom is 0.194 e. The molecule has 0 bridgehead atoms. The first-order chi connectivity index (χ1) is 14.6. The molecule has 31 heavy (non-hydrogen) atoms. The molecule has 6 nitrogen and oxygen atoms in total. The van der Waals surface area contributed by atoms with Crippen molar-refractivity contribution in [1.29, 1.82) is 0 Å². The highest BCUT2D eigenvalue weighted by atomic mass is 127. The van der Waals surface area contributed by atoms with Crippen molar-refractivity contribution in [3.63, 3.8) is 0 Å². The van der Waals surface area contributed by atoms with E-state index in [-0.39, 0.29) is 42.0 Å². The third kappa shape index (κ3) is 7.62. The lowest BCUT2D eigenvalue weighted by Gasteiger charge is -2.38. The summed E-state index contributed by atoms with van der Waals surface area (Å²) in [5, 5.41) is 3.43. The van der Waals surface area contributed by atoms with Crippen LogP contribution in [0.1, 0.15) is 24.2 Å². The van der Waals surface area contributed by atoms with E-state index in [0.717, 1.165) is 29.4 Å². The van der Waals surface area contributed by atoms with Crippen LogP contribution >= 0.6 is 24.0 Å². The van der Waals surface area contributed by atoms with Crippen molar-refractivity contribution in [2.45, 2.75) is 25.7 Å². The number of benzene rings is 2. The molecular formula is C23H31FIN3O3. The molecule has 1 saturated heterocycles. The number of methoxy groups -OCH3 is 1. The number of ether oxygens (including phenoxy) is 3. The van der Waals surface area contributed by atoms with Crippen LogP contribution in [0.25, 0.3) is 0 Å². The second-order valence-corrected chi connectivity index (χ2v) is 7.28. The highest BCUT2D eigenvalue weighted by Gasteiger charge is 2.28. The van der Waals surface area contributed by atoms with Crippen LogP contribution in [0.2, 0.25) is 0 Å². The molecule has 0 aliphatic carbocycles. The minimum atomic E-state index is -0.243. The topological polar surface area (TPSA) is 55.3 Å². The number of guanidine groups is 1. The van der Waals surface area contributed by atoms with E-state index in [4.69, 9.17) is 14.2 Å². The van der Waals surface area contributed by atoms with Gasteiger partial charge in [0.1, 0.15) is 24.3 Å². The van der Waals surface area contributed by atoms with Crippen molar-refractivity contribution < 1.29 is 18.6 Å². The number of morpholine rings is 1. The largest absolute Gasteiger partial charge is 0.491 e. The van der Waals surface area contributed by atoms with E-state index in [2.05, 4.69) is 15.2 Å². The van der Waals surface area contributed by atoms with Crippen molar-refractivity contribution in [3.8, 4) is 5.75 Å². The van der Waals surface area contributed by atoms with E-state index in [1.807, 2.05) is 31.2 Å². The summed E-state index contributed by atoms with van der Waals surface area (Å²) in [5.41, 5.74) is 2.10. The average molecular weight is 543 g/mol. The molecule has 1 aliphatic heterocycles. The molecule has 1 heterocycles. The van der Waals surface area contributed by atoms with Gasteiger partial charge in [-0.2, -0.15) is 0 Å². The Morgan fingerprint density at radius 1 is 1.13 bits per heavy atom. The van der Waals surface area contributed by atoms with Crippen LogP contribution in [0.15, 0.2) is 53.5 Å². The molecule has 1 aliphatic rings. The molecule has 0 spiro atoms. The molecule has 2 atom stereocenters. The van der Waals surface area contributed by atoms with Crippen LogP contribution in [-0.4, -0.2) is 57.4 Å². The van der Waals surface area contributed by atoms with Crippen LogP contribution < -0.4 is 10.1 Å². The van der Waals surface area contributed by atoms with Gasteiger partial charge in [-0.15, -0.1) is 24.0 Å². The third-order valence-corrected chi connectivity index (χ3v) is 4.94. The number of hydrogen-bond donors (Lipinski definition) is 1. The Hall–Kier alpha value is -1.91. The summed E-state index contributed by atoms with van der Waals surface area (Å²) in [7, 11) is 3.43. The zero-order valence-electron chi connectivity index (χ0n) is 18.2. The minimum absolute atomic E-state index is 0. The molecule has 2 aromatic rings. The first kappa shape index (κ1) is 25.4. The SMILES string of the molecule is CN=C(NCc1ccc(OCCOC)cc1)N1CC(C)OC(c2ccc(F)cc2)C1.I. The van der Waals surface area contributed by atoms with Gasteiger partial charge in [0.25, 0.3) is 0 Å². The van der Waals surface area contributed by atoms with Gasteiger partial charge in [-0.25, -0.2) is 4.39 Å². The van der Waals surface area contributed by atoms with Crippen LogP contribution in [0.4, 0.5) is 4.39 Å². The van der Waals surface area contributed by atoms with Gasteiger partial charge in [0.2, 0.25) is 0 Å². The Labute approximate surface area is 200 Å². The lowest BCUT2D eigenvalue weighted by atomic mass is 10.1. The van der Waals surface area contributed by atoms with E-state index in [1.54, 1.807) is 26.3 Å². The molecule has 0 amide bonds. The Kier molecular flexibility index (Phi) is 10.5. The Bertz CT molecular complexity index is 818. The van der Waals surface area contributed by atoms with Crippen molar-refractivity contribution >= 4 is 29.9 Å². The zero-order chi connectivity index (χ0) is 21.3. The van der Waals surface area contributed by atoms with Gasteiger partial charge < -0.3 is 24.4 Å². The summed E-state index contributed by atoms with van der Waals surface area (Å²) in [5.74, 6) is 1.40. The summed E-state index contributed by atoms with van der Waals surface area (Å²) in [4.78, 5) is 6.63. The number of nitrogens with zero attached hydrogens (tertiary/aromatic N) is 2. The molecular weight excluding hydrogens is 512 g/mol.